The lowest BCUT2D eigenvalue weighted by Gasteiger charge is -2.14. The number of carboxylic acid groups (broad SMARTS) is 1. The zero-order chi connectivity index (χ0) is 16.2. The van der Waals surface area contributed by atoms with Crippen molar-refractivity contribution in [3.8, 4) is 11.5 Å². The molecule has 0 bridgehead atoms. The fourth-order valence-corrected chi connectivity index (χ4v) is 1.54. The summed E-state index contributed by atoms with van der Waals surface area (Å²) in [6.45, 7) is 0. The van der Waals surface area contributed by atoms with Crippen LogP contribution in [0, 0.1) is 0 Å². The van der Waals surface area contributed by atoms with E-state index in [1.165, 1.54) is 14.2 Å². The standard InChI is InChI=1S/C12H12F3NO5/c1-20-8-3-6(11(18)19)7(4-9(8)21-2)16-10(17)5-12(13,14)15/h3-4H,5H2,1-2H3,(H,16,17)(H,18,19). The lowest BCUT2D eigenvalue weighted by atomic mass is 10.1. The first-order chi connectivity index (χ1) is 9.67. The summed E-state index contributed by atoms with van der Waals surface area (Å²) in [6, 6.07) is 2.13. The monoisotopic (exact) mass is 307 g/mol. The van der Waals surface area contributed by atoms with Gasteiger partial charge in [-0.15, -0.1) is 0 Å². The number of halogens is 3. The smallest absolute Gasteiger partial charge is 0.397 e. The number of amides is 1. The van der Waals surface area contributed by atoms with Crippen molar-refractivity contribution in [2.45, 2.75) is 12.6 Å². The highest BCUT2D eigenvalue weighted by molar-refractivity contribution is 6.01. The third-order valence-electron chi connectivity index (χ3n) is 2.39. The molecule has 1 amide bonds. The van der Waals surface area contributed by atoms with Crippen molar-refractivity contribution in [3.63, 3.8) is 0 Å². The molecule has 0 radical (unpaired) electrons. The maximum atomic E-state index is 12.1. The van der Waals surface area contributed by atoms with Crippen molar-refractivity contribution in [2.75, 3.05) is 19.5 Å². The lowest BCUT2D eigenvalue weighted by Crippen LogP contribution is -2.22. The molecular formula is C12H12F3NO5. The first-order valence-electron chi connectivity index (χ1n) is 5.54. The van der Waals surface area contributed by atoms with Crippen LogP contribution < -0.4 is 14.8 Å². The van der Waals surface area contributed by atoms with Gasteiger partial charge < -0.3 is 19.9 Å². The van der Waals surface area contributed by atoms with Crippen LogP contribution in [-0.4, -0.2) is 37.4 Å². The van der Waals surface area contributed by atoms with E-state index in [4.69, 9.17) is 14.6 Å². The fraction of sp³-hybridized carbons (Fsp3) is 0.333. The summed E-state index contributed by atoms with van der Waals surface area (Å²) >= 11 is 0. The van der Waals surface area contributed by atoms with Crippen LogP contribution in [0.5, 0.6) is 11.5 Å². The van der Waals surface area contributed by atoms with Crippen molar-refractivity contribution in [3.05, 3.63) is 17.7 Å². The van der Waals surface area contributed by atoms with E-state index in [-0.39, 0.29) is 17.2 Å². The molecule has 21 heavy (non-hydrogen) atoms. The second-order valence-corrected chi connectivity index (χ2v) is 3.90. The third-order valence-corrected chi connectivity index (χ3v) is 2.39. The average molecular weight is 307 g/mol. The van der Waals surface area contributed by atoms with Crippen LogP contribution in [0.2, 0.25) is 0 Å². The second kappa shape index (κ2) is 6.33. The predicted molar refractivity (Wildman–Crippen MR) is 65.8 cm³/mol. The highest BCUT2D eigenvalue weighted by atomic mass is 19.4. The van der Waals surface area contributed by atoms with Crippen LogP contribution in [0.15, 0.2) is 12.1 Å². The number of benzene rings is 1. The molecule has 2 N–H and O–H groups in total. The molecule has 0 heterocycles. The van der Waals surface area contributed by atoms with Gasteiger partial charge in [0.1, 0.15) is 6.42 Å². The first kappa shape index (κ1) is 16.6. The van der Waals surface area contributed by atoms with Crippen molar-refractivity contribution < 1.29 is 37.3 Å². The molecule has 0 spiro atoms. The number of hydrogen-bond acceptors (Lipinski definition) is 4. The molecule has 1 aromatic carbocycles. The van der Waals surface area contributed by atoms with Crippen LogP contribution in [0.25, 0.3) is 0 Å². The molecule has 6 nitrogen and oxygen atoms in total. The Kier molecular flexibility index (Phi) is 5.01. The molecule has 0 saturated heterocycles. The van der Waals surface area contributed by atoms with Gasteiger partial charge >= 0.3 is 12.1 Å². The quantitative estimate of drug-likeness (QED) is 0.872. The Morgan fingerprint density at radius 3 is 2.14 bits per heavy atom. The van der Waals surface area contributed by atoms with Crippen LogP contribution in [0.3, 0.4) is 0 Å². The minimum absolute atomic E-state index is 0.0729. The maximum Gasteiger partial charge on any atom is 0.397 e. The number of aromatic carboxylic acids is 1. The van der Waals surface area contributed by atoms with Gasteiger partial charge in [0.2, 0.25) is 5.91 Å². The molecule has 0 saturated carbocycles. The van der Waals surface area contributed by atoms with Gasteiger partial charge in [-0.25, -0.2) is 4.79 Å². The molecule has 1 aromatic rings. The van der Waals surface area contributed by atoms with Gasteiger partial charge in [-0.05, 0) is 0 Å². The summed E-state index contributed by atoms with van der Waals surface area (Å²) in [5.41, 5.74) is -0.724. The molecule has 0 aliphatic heterocycles. The van der Waals surface area contributed by atoms with E-state index in [2.05, 4.69) is 0 Å². The molecule has 0 aromatic heterocycles. The van der Waals surface area contributed by atoms with E-state index in [1.807, 2.05) is 5.32 Å². The molecule has 0 atom stereocenters. The third kappa shape index (κ3) is 4.55. The normalized spacial score (nSPS) is 10.9. The highest BCUT2D eigenvalue weighted by Gasteiger charge is 2.31. The van der Waals surface area contributed by atoms with E-state index in [0.717, 1.165) is 12.1 Å². The highest BCUT2D eigenvalue weighted by Crippen LogP contribution is 2.33. The second-order valence-electron chi connectivity index (χ2n) is 3.90. The first-order valence-corrected chi connectivity index (χ1v) is 5.54. The zero-order valence-electron chi connectivity index (χ0n) is 11.1. The zero-order valence-corrected chi connectivity index (χ0v) is 11.1. The number of nitrogens with one attached hydrogen (secondary N) is 1. The summed E-state index contributed by atoms with van der Waals surface area (Å²) in [7, 11) is 2.53. The average Bonchev–Trinajstić information content (AvgIpc) is 2.35. The Balaban J connectivity index is 3.15. The summed E-state index contributed by atoms with van der Waals surface area (Å²) in [4.78, 5) is 22.3. The van der Waals surface area contributed by atoms with Crippen molar-refractivity contribution in [1.82, 2.24) is 0 Å². The number of carbonyl (C=O) groups excluding carboxylic acids is 1. The minimum Gasteiger partial charge on any atom is -0.493 e. The molecule has 1 rings (SSSR count). The number of methoxy groups -OCH3 is 2. The van der Waals surface area contributed by atoms with Crippen LogP contribution >= 0.6 is 0 Å². The predicted octanol–water partition coefficient (Wildman–Crippen LogP) is 2.29. The number of alkyl halides is 3. The number of rotatable bonds is 5. The Bertz CT molecular complexity index is 557. The molecule has 0 aliphatic carbocycles. The summed E-state index contributed by atoms with van der Waals surface area (Å²) < 4.78 is 46.1. The van der Waals surface area contributed by atoms with Gasteiger partial charge in [0.15, 0.2) is 11.5 Å². The van der Waals surface area contributed by atoms with Gasteiger partial charge in [0.05, 0.1) is 25.5 Å². The van der Waals surface area contributed by atoms with Crippen molar-refractivity contribution >= 4 is 17.6 Å². The van der Waals surface area contributed by atoms with Crippen molar-refractivity contribution in [2.24, 2.45) is 0 Å². The number of hydrogen-bond donors (Lipinski definition) is 2. The van der Waals surface area contributed by atoms with E-state index < -0.39 is 30.0 Å². The Morgan fingerprint density at radius 1 is 1.19 bits per heavy atom. The Morgan fingerprint density at radius 2 is 1.71 bits per heavy atom. The van der Waals surface area contributed by atoms with Gasteiger partial charge in [-0.1, -0.05) is 0 Å². The molecule has 0 aliphatic rings. The Labute approximate surface area is 117 Å². The largest absolute Gasteiger partial charge is 0.493 e. The van der Waals surface area contributed by atoms with E-state index >= 15 is 0 Å². The van der Waals surface area contributed by atoms with E-state index in [0.29, 0.717) is 0 Å². The minimum atomic E-state index is -4.69. The number of carbonyl (C=O) groups is 2. The Hall–Kier alpha value is -2.45. The van der Waals surface area contributed by atoms with Crippen molar-refractivity contribution in [1.29, 1.82) is 0 Å². The SMILES string of the molecule is COc1cc(NC(=O)CC(F)(F)F)c(C(=O)O)cc1OC. The van der Waals surface area contributed by atoms with Crippen LogP contribution in [-0.2, 0) is 4.79 Å². The topological polar surface area (TPSA) is 84.9 Å². The van der Waals surface area contributed by atoms with Gasteiger partial charge in [-0.3, -0.25) is 4.79 Å². The number of ether oxygens (including phenoxy) is 2. The molecule has 0 fully saturated rings. The van der Waals surface area contributed by atoms with E-state index in [9.17, 15) is 22.8 Å². The maximum absolute atomic E-state index is 12.1. The van der Waals surface area contributed by atoms with Crippen LogP contribution in [0.4, 0.5) is 18.9 Å². The van der Waals surface area contributed by atoms with Gasteiger partial charge in [0.25, 0.3) is 0 Å². The number of carboxylic acids is 1. The summed E-state index contributed by atoms with van der Waals surface area (Å²) in [5, 5.41) is 10.9. The van der Waals surface area contributed by atoms with Gasteiger partial charge in [0, 0.05) is 12.1 Å². The molecule has 116 valence electrons. The fourth-order valence-electron chi connectivity index (χ4n) is 1.54. The van der Waals surface area contributed by atoms with Crippen LogP contribution in [0.1, 0.15) is 16.8 Å². The van der Waals surface area contributed by atoms with Gasteiger partial charge in [-0.2, -0.15) is 13.2 Å². The summed E-state index contributed by atoms with van der Waals surface area (Å²) in [5.74, 6) is -2.66. The molecule has 9 heteroatoms. The molecular weight excluding hydrogens is 295 g/mol. The number of anilines is 1. The van der Waals surface area contributed by atoms with E-state index in [1.54, 1.807) is 0 Å². The summed E-state index contributed by atoms with van der Waals surface area (Å²) in [6.07, 6.45) is -6.41. The lowest BCUT2D eigenvalue weighted by molar-refractivity contribution is -0.150. The molecule has 0 unspecified atom stereocenters.